The molecule has 0 aromatic carbocycles. The second kappa shape index (κ2) is 5.73. The molecule has 124 valence electrons. The van der Waals surface area contributed by atoms with Crippen LogP contribution in [0.4, 0.5) is 0 Å². The summed E-state index contributed by atoms with van der Waals surface area (Å²) >= 11 is 0. The normalized spacial score (nSPS) is 54.5. The van der Waals surface area contributed by atoms with E-state index >= 15 is 0 Å². The zero-order chi connectivity index (χ0) is 14.5. The Hall–Kier alpha value is -0.160. The molecule has 3 aliphatic carbocycles. The van der Waals surface area contributed by atoms with E-state index in [4.69, 9.17) is 9.47 Å². The first kappa shape index (κ1) is 14.2. The topological polar surface area (TPSA) is 42.5 Å². The fourth-order valence-electron chi connectivity index (χ4n) is 5.69. The van der Waals surface area contributed by atoms with Crippen molar-refractivity contribution in [1.82, 2.24) is 10.6 Å². The zero-order valence-corrected chi connectivity index (χ0v) is 13.5. The van der Waals surface area contributed by atoms with Gasteiger partial charge < -0.3 is 20.1 Å². The van der Waals surface area contributed by atoms with Gasteiger partial charge in [0.1, 0.15) is 0 Å². The molecule has 0 amide bonds. The average Bonchev–Trinajstić information content (AvgIpc) is 2.56. The molecule has 2 heterocycles. The number of morpholine rings is 2. The van der Waals surface area contributed by atoms with Gasteiger partial charge in [-0.3, -0.25) is 0 Å². The van der Waals surface area contributed by atoms with Crippen molar-refractivity contribution in [1.29, 1.82) is 0 Å². The predicted molar refractivity (Wildman–Crippen MR) is 84.9 cm³/mol. The summed E-state index contributed by atoms with van der Waals surface area (Å²) in [5, 5.41) is 7.88. The lowest BCUT2D eigenvalue weighted by atomic mass is 9.79. The zero-order valence-electron chi connectivity index (χ0n) is 13.5. The molecule has 22 heavy (non-hydrogen) atoms. The van der Waals surface area contributed by atoms with Crippen LogP contribution in [0.1, 0.15) is 64.2 Å². The van der Waals surface area contributed by atoms with E-state index < -0.39 is 0 Å². The summed E-state index contributed by atoms with van der Waals surface area (Å²) in [6.07, 6.45) is 14.5. The Morgan fingerprint density at radius 1 is 0.500 bits per heavy atom. The lowest BCUT2D eigenvalue weighted by Gasteiger charge is -2.54. The summed E-state index contributed by atoms with van der Waals surface area (Å²) in [7, 11) is 0. The van der Waals surface area contributed by atoms with Gasteiger partial charge in [-0.05, 0) is 32.1 Å². The molecule has 8 atom stereocenters. The van der Waals surface area contributed by atoms with Gasteiger partial charge in [-0.25, -0.2) is 0 Å². The SMILES string of the molecule is C1CCC2OC3CC4OC5CCCCC5NC4CC3NC2C1. The third kappa shape index (κ3) is 2.43. The predicted octanol–water partition coefficient (Wildman–Crippen LogP) is 2.12. The highest BCUT2D eigenvalue weighted by molar-refractivity contribution is 5.04. The van der Waals surface area contributed by atoms with Gasteiger partial charge >= 0.3 is 0 Å². The van der Waals surface area contributed by atoms with E-state index in [0.717, 1.165) is 6.42 Å². The van der Waals surface area contributed by atoms with Crippen LogP contribution < -0.4 is 10.6 Å². The molecule has 5 rings (SSSR count). The number of rotatable bonds is 0. The summed E-state index contributed by atoms with van der Waals surface area (Å²) in [4.78, 5) is 0. The molecule has 0 aromatic rings. The second-order valence-corrected chi connectivity index (χ2v) is 8.23. The number of nitrogens with one attached hydrogen (secondary N) is 2. The summed E-state index contributed by atoms with van der Waals surface area (Å²) < 4.78 is 13.0. The maximum Gasteiger partial charge on any atom is 0.0758 e. The minimum Gasteiger partial charge on any atom is -0.372 e. The molecule has 5 fully saturated rings. The van der Waals surface area contributed by atoms with Gasteiger partial charge in [0.05, 0.1) is 24.4 Å². The Morgan fingerprint density at radius 2 is 1.00 bits per heavy atom. The van der Waals surface area contributed by atoms with Crippen molar-refractivity contribution in [2.45, 2.75) is 113 Å². The van der Waals surface area contributed by atoms with Crippen LogP contribution in [-0.4, -0.2) is 48.6 Å². The monoisotopic (exact) mass is 306 g/mol. The molecule has 2 aliphatic heterocycles. The van der Waals surface area contributed by atoms with Crippen LogP contribution in [0, 0.1) is 0 Å². The van der Waals surface area contributed by atoms with E-state index in [2.05, 4.69) is 10.6 Å². The van der Waals surface area contributed by atoms with Crippen molar-refractivity contribution in [3.05, 3.63) is 0 Å². The maximum atomic E-state index is 6.51. The number of hydrogen-bond donors (Lipinski definition) is 2. The van der Waals surface area contributed by atoms with Gasteiger partial charge in [-0.15, -0.1) is 0 Å². The fourth-order valence-corrected chi connectivity index (χ4v) is 5.69. The van der Waals surface area contributed by atoms with Gasteiger partial charge in [0.25, 0.3) is 0 Å². The minimum atomic E-state index is 0.377. The van der Waals surface area contributed by atoms with Crippen molar-refractivity contribution >= 4 is 0 Å². The first-order valence-corrected chi connectivity index (χ1v) is 9.70. The largest absolute Gasteiger partial charge is 0.372 e. The van der Waals surface area contributed by atoms with Gasteiger partial charge in [-0.2, -0.15) is 0 Å². The highest BCUT2D eigenvalue weighted by atomic mass is 16.5. The fraction of sp³-hybridized carbons (Fsp3) is 1.00. The van der Waals surface area contributed by atoms with Gasteiger partial charge in [0.15, 0.2) is 0 Å². The van der Waals surface area contributed by atoms with Gasteiger partial charge in [0, 0.05) is 30.6 Å². The van der Waals surface area contributed by atoms with E-state index in [0.29, 0.717) is 48.6 Å². The molecule has 3 saturated carbocycles. The molecule has 0 aromatic heterocycles. The third-order valence-corrected chi connectivity index (χ3v) is 6.83. The summed E-state index contributed by atoms with van der Waals surface area (Å²) in [6, 6.07) is 2.30. The molecule has 4 nitrogen and oxygen atoms in total. The maximum absolute atomic E-state index is 6.51. The molecule has 4 heteroatoms. The number of ether oxygens (including phenoxy) is 2. The first-order valence-electron chi connectivity index (χ1n) is 9.70. The second-order valence-electron chi connectivity index (χ2n) is 8.23. The molecule has 2 saturated heterocycles. The summed E-state index contributed by atoms with van der Waals surface area (Å²) in [5.74, 6) is 0. The highest BCUT2D eigenvalue weighted by Crippen LogP contribution is 2.38. The van der Waals surface area contributed by atoms with Gasteiger partial charge in [0.2, 0.25) is 0 Å². The van der Waals surface area contributed by atoms with Crippen LogP contribution in [0.15, 0.2) is 0 Å². The Labute approximate surface area is 133 Å². The smallest absolute Gasteiger partial charge is 0.0758 e. The molecule has 8 unspecified atom stereocenters. The van der Waals surface area contributed by atoms with E-state index in [1.165, 1.54) is 57.8 Å². The van der Waals surface area contributed by atoms with E-state index in [9.17, 15) is 0 Å². The van der Waals surface area contributed by atoms with Crippen LogP contribution in [0.25, 0.3) is 0 Å². The van der Waals surface area contributed by atoms with Crippen molar-refractivity contribution < 1.29 is 9.47 Å². The van der Waals surface area contributed by atoms with Crippen molar-refractivity contribution in [3.63, 3.8) is 0 Å². The quantitative estimate of drug-likeness (QED) is 0.719. The Balaban J connectivity index is 1.29. The minimum absolute atomic E-state index is 0.377. The molecule has 0 radical (unpaired) electrons. The Kier molecular flexibility index (Phi) is 3.70. The number of fused-ring (bicyclic) bond motifs is 4. The van der Waals surface area contributed by atoms with Gasteiger partial charge in [-0.1, -0.05) is 25.7 Å². The number of hydrogen-bond acceptors (Lipinski definition) is 4. The van der Waals surface area contributed by atoms with E-state index in [-0.39, 0.29) is 0 Å². The summed E-state index contributed by atoms with van der Waals surface area (Å²) in [6.45, 7) is 0. The van der Waals surface area contributed by atoms with Crippen molar-refractivity contribution in [3.8, 4) is 0 Å². The van der Waals surface area contributed by atoms with Crippen LogP contribution >= 0.6 is 0 Å². The molecular weight excluding hydrogens is 276 g/mol. The molecular formula is C18H30N2O2. The van der Waals surface area contributed by atoms with Crippen LogP contribution in [0.2, 0.25) is 0 Å². The van der Waals surface area contributed by atoms with Crippen LogP contribution in [0.5, 0.6) is 0 Å². The van der Waals surface area contributed by atoms with Crippen LogP contribution in [-0.2, 0) is 9.47 Å². The Morgan fingerprint density at radius 3 is 1.55 bits per heavy atom. The lowest BCUT2D eigenvalue weighted by Crippen LogP contribution is -2.69. The molecule has 2 N–H and O–H groups in total. The highest BCUT2D eigenvalue weighted by Gasteiger charge is 2.48. The standard InChI is InChI=1S/C18H30N2O2/c1-3-7-15-11(5-1)19-13-9-14-18(10-17(13)21-15)22-16-8-4-2-6-12(16)20-14/h11-20H,1-10H2. The van der Waals surface area contributed by atoms with Crippen molar-refractivity contribution in [2.24, 2.45) is 0 Å². The van der Waals surface area contributed by atoms with Crippen molar-refractivity contribution in [2.75, 3.05) is 0 Å². The van der Waals surface area contributed by atoms with E-state index in [1.54, 1.807) is 0 Å². The van der Waals surface area contributed by atoms with E-state index in [1.807, 2.05) is 0 Å². The summed E-state index contributed by atoms with van der Waals surface area (Å²) in [5.41, 5.74) is 0. The Bertz CT molecular complexity index is 344. The third-order valence-electron chi connectivity index (χ3n) is 6.83. The first-order chi connectivity index (χ1) is 10.9. The molecule has 0 spiro atoms. The average molecular weight is 306 g/mol. The molecule has 0 bridgehead atoms. The lowest BCUT2D eigenvalue weighted by molar-refractivity contribution is -0.176. The van der Waals surface area contributed by atoms with Crippen LogP contribution in [0.3, 0.4) is 0 Å². The molecule has 5 aliphatic rings.